The van der Waals surface area contributed by atoms with E-state index in [4.69, 9.17) is 0 Å². The zero-order valence-electron chi connectivity index (χ0n) is 17.4. The standard InChI is InChI=1S/C21H36N4O2.HI/c1-4-22-21(25-16-18(11-14-26)15-17(2)3)24-13-8-12-23-20(27)19-9-6-5-7-10-19;/h5-7,9-10,17-18,26H,4,8,11-16H2,1-3H3,(H,23,27)(H2,22,24,25);1H. The van der Waals surface area contributed by atoms with Crippen LogP contribution in [-0.4, -0.2) is 49.8 Å². The Bertz CT molecular complexity index is 553. The Labute approximate surface area is 187 Å². The van der Waals surface area contributed by atoms with Crippen LogP contribution in [0.25, 0.3) is 0 Å². The average Bonchev–Trinajstić information content (AvgIpc) is 2.65. The summed E-state index contributed by atoms with van der Waals surface area (Å²) in [6.07, 6.45) is 2.66. The van der Waals surface area contributed by atoms with E-state index in [0.29, 0.717) is 30.5 Å². The minimum Gasteiger partial charge on any atom is -0.396 e. The Kier molecular flexibility index (Phi) is 15.8. The van der Waals surface area contributed by atoms with Gasteiger partial charge in [0.25, 0.3) is 5.91 Å². The van der Waals surface area contributed by atoms with Crippen LogP contribution >= 0.6 is 24.0 Å². The maximum Gasteiger partial charge on any atom is 0.251 e. The lowest BCUT2D eigenvalue weighted by Gasteiger charge is -2.17. The highest BCUT2D eigenvalue weighted by Gasteiger charge is 2.10. The van der Waals surface area contributed by atoms with Gasteiger partial charge in [-0.2, -0.15) is 0 Å². The molecule has 28 heavy (non-hydrogen) atoms. The summed E-state index contributed by atoms with van der Waals surface area (Å²) in [5.74, 6) is 1.74. The molecule has 1 aromatic carbocycles. The van der Waals surface area contributed by atoms with E-state index in [1.54, 1.807) is 0 Å². The molecule has 0 aliphatic carbocycles. The number of amides is 1. The zero-order valence-corrected chi connectivity index (χ0v) is 19.7. The first kappa shape index (κ1) is 26.6. The number of carbonyl (C=O) groups is 1. The normalized spacial score (nSPS) is 12.2. The first-order valence-electron chi connectivity index (χ1n) is 10.0. The topological polar surface area (TPSA) is 85.8 Å². The fourth-order valence-corrected chi connectivity index (χ4v) is 2.88. The van der Waals surface area contributed by atoms with Crippen molar-refractivity contribution in [2.75, 3.05) is 32.8 Å². The van der Waals surface area contributed by atoms with Gasteiger partial charge in [-0.3, -0.25) is 9.79 Å². The third-order valence-corrected chi connectivity index (χ3v) is 4.16. The van der Waals surface area contributed by atoms with Gasteiger partial charge in [0.2, 0.25) is 0 Å². The quantitative estimate of drug-likeness (QED) is 0.153. The summed E-state index contributed by atoms with van der Waals surface area (Å²) in [4.78, 5) is 16.6. The van der Waals surface area contributed by atoms with Crippen LogP contribution in [0.15, 0.2) is 35.3 Å². The number of nitrogens with zero attached hydrogens (tertiary/aromatic N) is 1. The Morgan fingerprint density at radius 3 is 2.39 bits per heavy atom. The highest BCUT2D eigenvalue weighted by atomic mass is 127. The van der Waals surface area contributed by atoms with E-state index in [0.717, 1.165) is 38.3 Å². The number of hydrogen-bond donors (Lipinski definition) is 4. The molecule has 0 aliphatic heterocycles. The summed E-state index contributed by atoms with van der Waals surface area (Å²) >= 11 is 0. The van der Waals surface area contributed by atoms with Crippen molar-refractivity contribution in [1.29, 1.82) is 0 Å². The number of nitrogens with one attached hydrogen (secondary N) is 3. The molecule has 0 spiro atoms. The fraction of sp³-hybridized carbons (Fsp3) is 0.619. The third-order valence-electron chi connectivity index (χ3n) is 4.16. The van der Waals surface area contributed by atoms with E-state index < -0.39 is 0 Å². The van der Waals surface area contributed by atoms with Crippen LogP contribution in [0.4, 0.5) is 0 Å². The summed E-state index contributed by atoms with van der Waals surface area (Å²) in [5.41, 5.74) is 0.681. The maximum atomic E-state index is 12.0. The summed E-state index contributed by atoms with van der Waals surface area (Å²) in [5, 5.41) is 18.7. The Hall–Kier alpha value is -1.35. The molecule has 0 heterocycles. The number of aliphatic hydroxyl groups is 1. The summed E-state index contributed by atoms with van der Waals surface area (Å²) in [7, 11) is 0. The molecular weight excluding hydrogens is 467 g/mol. The molecule has 6 nitrogen and oxygen atoms in total. The predicted molar refractivity (Wildman–Crippen MR) is 127 cm³/mol. The number of hydrogen-bond acceptors (Lipinski definition) is 3. The summed E-state index contributed by atoms with van der Waals surface area (Å²) in [6, 6.07) is 9.24. The molecule has 1 unspecified atom stereocenters. The second-order valence-electron chi connectivity index (χ2n) is 7.13. The predicted octanol–water partition coefficient (Wildman–Crippen LogP) is 3.02. The first-order valence-corrected chi connectivity index (χ1v) is 10.0. The number of rotatable bonds is 12. The van der Waals surface area contributed by atoms with Crippen molar-refractivity contribution in [2.24, 2.45) is 16.8 Å². The molecule has 1 amide bonds. The third kappa shape index (κ3) is 12.2. The van der Waals surface area contributed by atoms with Crippen molar-refractivity contribution in [3.05, 3.63) is 35.9 Å². The lowest BCUT2D eigenvalue weighted by Crippen LogP contribution is -2.39. The van der Waals surface area contributed by atoms with Crippen LogP contribution in [0, 0.1) is 11.8 Å². The van der Waals surface area contributed by atoms with Crippen LogP contribution < -0.4 is 16.0 Å². The minimum absolute atomic E-state index is 0. The molecule has 1 atom stereocenters. The van der Waals surface area contributed by atoms with Crippen LogP contribution in [0.2, 0.25) is 0 Å². The molecule has 0 bridgehead atoms. The lowest BCUT2D eigenvalue weighted by atomic mass is 9.94. The number of halogens is 1. The number of carbonyl (C=O) groups excluding carboxylic acids is 1. The fourth-order valence-electron chi connectivity index (χ4n) is 2.88. The van der Waals surface area contributed by atoms with Crippen LogP contribution in [0.5, 0.6) is 0 Å². The van der Waals surface area contributed by atoms with Crippen molar-refractivity contribution in [3.8, 4) is 0 Å². The lowest BCUT2D eigenvalue weighted by molar-refractivity contribution is 0.0953. The van der Waals surface area contributed by atoms with Gasteiger partial charge in [-0.15, -0.1) is 24.0 Å². The van der Waals surface area contributed by atoms with Crippen LogP contribution in [-0.2, 0) is 0 Å². The Morgan fingerprint density at radius 1 is 1.11 bits per heavy atom. The van der Waals surface area contributed by atoms with E-state index in [1.807, 2.05) is 37.3 Å². The van der Waals surface area contributed by atoms with Gasteiger partial charge in [0.15, 0.2) is 5.96 Å². The van der Waals surface area contributed by atoms with E-state index in [-0.39, 0.29) is 36.5 Å². The summed E-state index contributed by atoms with van der Waals surface area (Å²) < 4.78 is 0. The molecule has 1 aromatic rings. The van der Waals surface area contributed by atoms with Gasteiger partial charge in [-0.25, -0.2) is 0 Å². The molecule has 0 saturated heterocycles. The molecule has 7 heteroatoms. The first-order chi connectivity index (χ1) is 13.1. The van der Waals surface area contributed by atoms with Gasteiger partial charge in [0, 0.05) is 38.3 Å². The molecule has 1 rings (SSSR count). The molecule has 4 N–H and O–H groups in total. The Morgan fingerprint density at radius 2 is 1.79 bits per heavy atom. The van der Waals surface area contributed by atoms with Crippen molar-refractivity contribution in [2.45, 2.75) is 40.0 Å². The van der Waals surface area contributed by atoms with Gasteiger partial charge in [0.1, 0.15) is 0 Å². The monoisotopic (exact) mass is 504 g/mol. The second-order valence-corrected chi connectivity index (χ2v) is 7.13. The van der Waals surface area contributed by atoms with Gasteiger partial charge >= 0.3 is 0 Å². The average molecular weight is 504 g/mol. The smallest absolute Gasteiger partial charge is 0.251 e. The van der Waals surface area contributed by atoms with Gasteiger partial charge < -0.3 is 21.1 Å². The van der Waals surface area contributed by atoms with Crippen molar-refractivity contribution < 1.29 is 9.90 Å². The Balaban J connectivity index is 0.00000729. The van der Waals surface area contributed by atoms with Crippen LogP contribution in [0.1, 0.15) is 50.4 Å². The van der Waals surface area contributed by atoms with Crippen molar-refractivity contribution >= 4 is 35.8 Å². The SMILES string of the molecule is CCNC(=NCC(CCO)CC(C)C)NCCCNC(=O)c1ccccc1.I. The largest absolute Gasteiger partial charge is 0.396 e. The number of benzene rings is 1. The second kappa shape index (κ2) is 16.6. The van der Waals surface area contributed by atoms with Crippen LogP contribution in [0.3, 0.4) is 0 Å². The molecule has 0 fully saturated rings. The molecule has 0 aromatic heterocycles. The summed E-state index contributed by atoms with van der Waals surface area (Å²) in [6.45, 7) is 9.48. The minimum atomic E-state index is -0.0447. The van der Waals surface area contributed by atoms with Gasteiger partial charge in [0.05, 0.1) is 0 Å². The number of aliphatic hydroxyl groups excluding tert-OH is 1. The van der Waals surface area contributed by atoms with E-state index in [1.165, 1.54) is 0 Å². The van der Waals surface area contributed by atoms with E-state index >= 15 is 0 Å². The highest BCUT2D eigenvalue weighted by Crippen LogP contribution is 2.15. The molecular formula is C21H37IN4O2. The molecule has 0 aliphatic rings. The molecule has 0 radical (unpaired) electrons. The van der Waals surface area contributed by atoms with Crippen molar-refractivity contribution in [1.82, 2.24) is 16.0 Å². The number of aliphatic imine (C=N–C) groups is 1. The van der Waals surface area contributed by atoms with E-state index in [2.05, 4.69) is 34.8 Å². The zero-order chi connectivity index (χ0) is 19.9. The number of guanidine groups is 1. The highest BCUT2D eigenvalue weighted by molar-refractivity contribution is 14.0. The van der Waals surface area contributed by atoms with Crippen molar-refractivity contribution in [3.63, 3.8) is 0 Å². The maximum absolute atomic E-state index is 12.0. The van der Waals surface area contributed by atoms with E-state index in [9.17, 15) is 9.90 Å². The molecule has 0 saturated carbocycles. The van der Waals surface area contributed by atoms with Gasteiger partial charge in [-0.05, 0) is 50.2 Å². The van der Waals surface area contributed by atoms with Gasteiger partial charge in [-0.1, -0.05) is 32.0 Å². The molecule has 160 valence electrons.